The van der Waals surface area contributed by atoms with E-state index < -0.39 is 12.1 Å². The molecule has 0 saturated carbocycles. The Morgan fingerprint density at radius 3 is 1.75 bits per heavy atom. The van der Waals surface area contributed by atoms with Gasteiger partial charge in [-0.1, -0.05) is 109 Å². The van der Waals surface area contributed by atoms with Crippen molar-refractivity contribution in [3.8, 4) is 5.75 Å². The van der Waals surface area contributed by atoms with Crippen molar-refractivity contribution in [2.24, 2.45) is 0 Å². The van der Waals surface area contributed by atoms with Gasteiger partial charge in [0.15, 0.2) is 6.10 Å². The predicted molar refractivity (Wildman–Crippen MR) is 128 cm³/mol. The highest BCUT2D eigenvalue weighted by atomic mass is 16.5. The second kappa shape index (κ2) is 10.3. The van der Waals surface area contributed by atoms with E-state index in [0.717, 1.165) is 22.3 Å². The quantitative estimate of drug-likeness (QED) is 0.193. The van der Waals surface area contributed by atoms with Crippen molar-refractivity contribution in [2.75, 3.05) is 7.11 Å². The molecule has 0 aliphatic carbocycles. The van der Waals surface area contributed by atoms with Gasteiger partial charge >= 0.3 is 5.97 Å². The number of hydrogen-bond donors (Lipinski definition) is 0. The average Bonchev–Trinajstić information content (AvgIpc) is 2.87. The van der Waals surface area contributed by atoms with E-state index in [-0.39, 0.29) is 0 Å². The Hall–Kier alpha value is -4.11. The molecule has 3 heteroatoms. The van der Waals surface area contributed by atoms with Crippen LogP contribution in [-0.2, 0) is 9.53 Å². The molecule has 0 aromatic heterocycles. The molecule has 0 aliphatic rings. The van der Waals surface area contributed by atoms with Gasteiger partial charge in [-0.25, -0.2) is 4.79 Å². The fourth-order valence-corrected chi connectivity index (χ4v) is 3.57. The second-order valence-electron chi connectivity index (χ2n) is 7.27. The van der Waals surface area contributed by atoms with E-state index in [9.17, 15) is 4.79 Å². The first-order valence-electron chi connectivity index (χ1n) is 10.5. The lowest BCUT2D eigenvalue weighted by Gasteiger charge is -2.20. The van der Waals surface area contributed by atoms with Gasteiger partial charge in [0.25, 0.3) is 0 Å². The molecule has 158 valence electrons. The third-order valence-corrected chi connectivity index (χ3v) is 5.17. The molecule has 4 aromatic carbocycles. The molecule has 0 heterocycles. The van der Waals surface area contributed by atoms with Crippen LogP contribution in [0.1, 0.15) is 28.4 Å². The maximum absolute atomic E-state index is 13.6. The molecule has 0 saturated heterocycles. The largest absolute Gasteiger partial charge is 0.496 e. The van der Waals surface area contributed by atoms with Crippen LogP contribution in [0.2, 0.25) is 0 Å². The topological polar surface area (TPSA) is 35.5 Å². The number of carbonyl (C=O) groups excluding carboxylic acids is 1. The van der Waals surface area contributed by atoms with Gasteiger partial charge in [0.1, 0.15) is 5.75 Å². The van der Waals surface area contributed by atoms with E-state index in [2.05, 4.69) is 0 Å². The average molecular weight is 421 g/mol. The Balaban J connectivity index is 1.76. The zero-order valence-corrected chi connectivity index (χ0v) is 17.8. The summed E-state index contributed by atoms with van der Waals surface area (Å²) in [7, 11) is 1.62. The van der Waals surface area contributed by atoms with Gasteiger partial charge in [0.05, 0.1) is 12.7 Å². The molecule has 3 nitrogen and oxygen atoms in total. The molecule has 0 N–H and O–H groups in total. The molecular weight excluding hydrogens is 396 g/mol. The van der Waals surface area contributed by atoms with Crippen molar-refractivity contribution in [1.29, 1.82) is 0 Å². The first kappa shape index (κ1) is 21.1. The number of rotatable bonds is 7. The number of ether oxygens (including phenoxy) is 2. The highest BCUT2D eigenvalue weighted by Gasteiger charge is 2.22. The van der Waals surface area contributed by atoms with Crippen LogP contribution in [0.25, 0.3) is 11.6 Å². The van der Waals surface area contributed by atoms with Gasteiger partial charge in [0.2, 0.25) is 0 Å². The van der Waals surface area contributed by atoms with Gasteiger partial charge < -0.3 is 9.47 Å². The van der Waals surface area contributed by atoms with E-state index in [1.165, 1.54) is 0 Å². The van der Waals surface area contributed by atoms with Crippen molar-refractivity contribution < 1.29 is 14.3 Å². The van der Waals surface area contributed by atoms with E-state index in [1.54, 1.807) is 7.11 Å². The maximum atomic E-state index is 13.6. The first-order chi connectivity index (χ1) is 15.8. The van der Waals surface area contributed by atoms with Crippen LogP contribution in [-0.4, -0.2) is 13.1 Å². The van der Waals surface area contributed by atoms with Gasteiger partial charge in [-0.15, -0.1) is 0 Å². The summed E-state index contributed by atoms with van der Waals surface area (Å²) in [5.41, 5.74) is 3.88. The molecule has 0 spiro atoms. The number of benzene rings is 4. The van der Waals surface area contributed by atoms with Crippen molar-refractivity contribution in [3.05, 3.63) is 138 Å². The summed E-state index contributed by atoms with van der Waals surface area (Å²) in [6, 6.07) is 36.7. The van der Waals surface area contributed by atoms with Gasteiger partial charge in [-0.3, -0.25) is 0 Å². The van der Waals surface area contributed by atoms with Crippen molar-refractivity contribution in [2.45, 2.75) is 6.10 Å². The van der Waals surface area contributed by atoms with Crippen LogP contribution < -0.4 is 4.74 Å². The first-order valence-corrected chi connectivity index (χ1v) is 10.5. The summed E-state index contributed by atoms with van der Waals surface area (Å²) in [4.78, 5) is 13.6. The Bertz CT molecular complexity index is 1140. The minimum atomic E-state index is -0.519. The van der Waals surface area contributed by atoms with Crippen LogP contribution in [0, 0.1) is 0 Å². The number of esters is 1. The SMILES string of the molecule is COc1ccccc1/C=C(/C(=O)OC(c1ccccc1)c1ccccc1)c1ccccc1. The molecule has 4 rings (SSSR count). The summed E-state index contributed by atoms with van der Waals surface area (Å²) < 4.78 is 11.6. The summed E-state index contributed by atoms with van der Waals surface area (Å²) >= 11 is 0. The highest BCUT2D eigenvalue weighted by molar-refractivity contribution is 6.21. The summed E-state index contributed by atoms with van der Waals surface area (Å²) in [6.45, 7) is 0. The lowest BCUT2D eigenvalue weighted by Crippen LogP contribution is -2.14. The zero-order chi connectivity index (χ0) is 22.2. The molecule has 0 unspecified atom stereocenters. The van der Waals surface area contributed by atoms with Crippen LogP contribution in [0.3, 0.4) is 0 Å². The molecule has 0 bridgehead atoms. The number of para-hydroxylation sites is 1. The van der Waals surface area contributed by atoms with Crippen molar-refractivity contribution >= 4 is 17.6 Å². The minimum absolute atomic E-state index is 0.403. The Labute approximate surface area is 188 Å². The third-order valence-electron chi connectivity index (χ3n) is 5.17. The fraction of sp³-hybridized carbons (Fsp3) is 0.0690. The number of hydrogen-bond acceptors (Lipinski definition) is 3. The van der Waals surface area contributed by atoms with Gasteiger partial charge in [-0.05, 0) is 28.8 Å². The van der Waals surface area contributed by atoms with Crippen LogP contribution in [0.5, 0.6) is 5.75 Å². The Kier molecular flexibility index (Phi) is 6.78. The maximum Gasteiger partial charge on any atom is 0.339 e. The van der Waals surface area contributed by atoms with Crippen molar-refractivity contribution in [3.63, 3.8) is 0 Å². The Morgan fingerprint density at radius 1 is 0.688 bits per heavy atom. The monoisotopic (exact) mass is 420 g/mol. The molecule has 0 fully saturated rings. The highest BCUT2D eigenvalue weighted by Crippen LogP contribution is 2.31. The normalized spacial score (nSPS) is 11.2. The fourth-order valence-electron chi connectivity index (χ4n) is 3.57. The lowest BCUT2D eigenvalue weighted by atomic mass is 10.00. The molecule has 0 radical (unpaired) electrons. The lowest BCUT2D eigenvalue weighted by molar-refractivity contribution is -0.140. The van der Waals surface area contributed by atoms with Crippen molar-refractivity contribution in [1.82, 2.24) is 0 Å². The number of carbonyl (C=O) groups is 1. The summed E-state index contributed by atoms with van der Waals surface area (Å²) in [5, 5.41) is 0. The van der Waals surface area contributed by atoms with E-state index in [1.807, 2.05) is 121 Å². The predicted octanol–water partition coefficient (Wildman–Crippen LogP) is 6.57. The van der Waals surface area contributed by atoms with Crippen LogP contribution >= 0.6 is 0 Å². The second-order valence-corrected chi connectivity index (χ2v) is 7.27. The van der Waals surface area contributed by atoms with E-state index >= 15 is 0 Å². The molecule has 4 aromatic rings. The summed E-state index contributed by atoms with van der Waals surface area (Å²) in [5.74, 6) is 0.288. The van der Waals surface area contributed by atoms with Crippen LogP contribution in [0.15, 0.2) is 115 Å². The smallest absolute Gasteiger partial charge is 0.339 e. The van der Waals surface area contributed by atoms with Crippen LogP contribution in [0.4, 0.5) is 0 Å². The van der Waals surface area contributed by atoms with Gasteiger partial charge in [-0.2, -0.15) is 0 Å². The molecular formula is C29H24O3. The zero-order valence-electron chi connectivity index (χ0n) is 17.8. The van der Waals surface area contributed by atoms with E-state index in [4.69, 9.17) is 9.47 Å². The molecule has 0 aliphatic heterocycles. The molecule has 0 amide bonds. The summed E-state index contributed by atoms with van der Waals surface area (Å²) in [6.07, 6.45) is 1.30. The minimum Gasteiger partial charge on any atom is -0.496 e. The Morgan fingerprint density at radius 2 is 1.19 bits per heavy atom. The standard InChI is InChI=1S/C29H24O3/c1-31-27-20-12-11-19-25(27)21-26(22-13-5-2-6-14-22)29(30)32-28(23-15-7-3-8-16-23)24-17-9-4-10-18-24/h2-21,28H,1H3/b26-21+. The molecule has 32 heavy (non-hydrogen) atoms. The third kappa shape index (κ3) is 4.96. The van der Waals surface area contributed by atoms with Gasteiger partial charge in [0, 0.05) is 5.56 Å². The molecule has 0 atom stereocenters. The van der Waals surface area contributed by atoms with E-state index in [0.29, 0.717) is 11.3 Å². The number of methoxy groups -OCH3 is 1.